The highest BCUT2D eigenvalue weighted by atomic mass is 79.9. The second kappa shape index (κ2) is 3.06. The number of carbonyl (C=O) groups excluding carboxylic acids is 1. The van der Waals surface area contributed by atoms with Gasteiger partial charge in [0.2, 0.25) is 5.91 Å². The summed E-state index contributed by atoms with van der Waals surface area (Å²) in [5.41, 5.74) is 1.23. The van der Waals surface area contributed by atoms with Crippen LogP contribution in [0.5, 0.6) is 0 Å². The number of hydrogen-bond donors (Lipinski definition) is 1. The van der Waals surface area contributed by atoms with Crippen molar-refractivity contribution in [2.75, 3.05) is 5.32 Å². The molecule has 0 aliphatic carbocycles. The maximum Gasteiger partial charge on any atom is 0.269 e. The Morgan fingerprint density at radius 3 is 2.86 bits per heavy atom. The van der Waals surface area contributed by atoms with Crippen LogP contribution in [0.15, 0.2) is 18.2 Å². The van der Waals surface area contributed by atoms with Gasteiger partial charge in [-0.05, 0) is 6.07 Å². The van der Waals surface area contributed by atoms with Crippen molar-refractivity contribution >= 4 is 33.2 Å². The molecular formula is C8H5BrN2O3. The standard InChI is InChI=1S/C8H5BrN2O3/c9-7-5-3-4(11(13)14)1-2-6(5)10-8(7)12/h1-3,7H,(H,10,12). The van der Waals surface area contributed by atoms with Gasteiger partial charge in [0.25, 0.3) is 5.69 Å². The molecule has 2 rings (SSSR count). The number of halogens is 1. The van der Waals surface area contributed by atoms with E-state index in [1.54, 1.807) is 0 Å². The van der Waals surface area contributed by atoms with Crippen LogP contribution in [-0.2, 0) is 4.79 Å². The first-order valence-electron chi connectivity index (χ1n) is 3.83. The van der Waals surface area contributed by atoms with Crippen molar-refractivity contribution in [1.29, 1.82) is 0 Å². The number of nitrogens with zero attached hydrogens (tertiary/aromatic N) is 1. The molecule has 0 fully saturated rings. The lowest BCUT2D eigenvalue weighted by Gasteiger charge is -1.98. The van der Waals surface area contributed by atoms with Crippen LogP contribution >= 0.6 is 15.9 Å². The lowest BCUT2D eigenvalue weighted by Crippen LogP contribution is -2.06. The summed E-state index contributed by atoms with van der Waals surface area (Å²) in [5.74, 6) is -0.194. The maximum atomic E-state index is 11.2. The van der Waals surface area contributed by atoms with Crippen molar-refractivity contribution in [3.8, 4) is 0 Å². The molecule has 14 heavy (non-hydrogen) atoms. The molecule has 1 aliphatic heterocycles. The number of alkyl halides is 1. The zero-order valence-corrected chi connectivity index (χ0v) is 8.45. The molecule has 1 heterocycles. The first-order chi connectivity index (χ1) is 6.59. The number of nitrogens with one attached hydrogen (secondary N) is 1. The van der Waals surface area contributed by atoms with Gasteiger partial charge in [0.15, 0.2) is 0 Å². The Bertz CT molecular complexity index is 433. The van der Waals surface area contributed by atoms with Gasteiger partial charge in [-0.15, -0.1) is 0 Å². The molecule has 1 N–H and O–H groups in total. The Hall–Kier alpha value is -1.43. The van der Waals surface area contributed by atoms with Crippen LogP contribution in [0.2, 0.25) is 0 Å². The van der Waals surface area contributed by atoms with E-state index in [0.717, 1.165) is 0 Å². The minimum Gasteiger partial charge on any atom is -0.325 e. The van der Waals surface area contributed by atoms with E-state index in [2.05, 4.69) is 21.2 Å². The third-order valence-electron chi connectivity index (χ3n) is 2.01. The van der Waals surface area contributed by atoms with Crippen molar-refractivity contribution in [1.82, 2.24) is 0 Å². The SMILES string of the molecule is O=C1Nc2ccc([N+](=O)[O-])cc2C1Br. The molecular weight excluding hydrogens is 252 g/mol. The second-order valence-corrected chi connectivity index (χ2v) is 3.80. The second-order valence-electron chi connectivity index (χ2n) is 2.88. The van der Waals surface area contributed by atoms with Crippen LogP contribution in [0.3, 0.4) is 0 Å². The molecule has 1 atom stereocenters. The predicted molar refractivity (Wildman–Crippen MR) is 53.4 cm³/mol. The van der Waals surface area contributed by atoms with Crippen LogP contribution in [0.1, 0.15) is 10.4 Å². The molecule has 5 nitrogen and oxygen atoms in total. The zero-order valence-electron chi connectivity index (χ0n) is 6.86. The fraction of sp³-hybridized carbons (Fsp3) is 0.125. The highest BCUT2D eigenvalue weighted by Gasteiger charge is 2.29. The Kier molecular flexibility index (Phi) is 1.99. The van der Waals surface area contributed by atoms with Crippen LogP contribution in [-0.4, -0.2) is 10.8 Å². The van der Waals surface area contributed by atoms with Gasteiger partial charge in [0.1, 0.15) is 4.83 Å². The lowest BCUT2D eigenvalue weighted by molar-refractivity contribution is -0.384. The van der Waals surface area contributed by atoms with E-state index in [-0.39, 0.29) is 11.6 Å². The normalized spacial score (nSPS) is 18.9. The minimum atomic E-state index is -0.489. The summed E-state index contributed by atoms with van der Waals surface area (Å²) >= 11 is 3.15. The quantitative estimate of drug-likeness (QED) is 0.475. The third-order valence-corrected chi connectivity index (χ3v) is 2.92. The minimum absolute atomic E-state index is 0.00954. The molecule has 0 bridgehead atoms. The van der Waals surface area contributed by atoms with Crippen LogP contribution in [0, 0.1) is 10.1 Å². The zero-order chi connectivity index (χ0) is 10.3. The molecule has 1 aromatic carbocycles. The fourth-order valence-corrected chi connectivity index (χ4v) is 1.82. The number of carbonyl (C=O) groups is 1. The molecule has 0 saturated heterocycles. The topological polar surface area (TPSA) is 72.2 Å². The Balaban J connectivity index is 2.51. The largest absolute Gasteiger partial charge is 0.325 e. The number of rotatable bonds is 1. The molecule has 0 aromatic heterocycles. The number of nitro benzene ring substituents is 1. The Morgan fingerprint density at radius 1 is 1.50 bits per heavy atom. The first kappa shape index (κ1) is 9.14. The van der Waals surface area contributed by atoms with Gasteiger partial charge in [-0.25, -0.2) is 0 Å². The third kappa shape index (κ3) is 1.27. The van der Waals surface area contributed by atoms with Crippen molar-refractivity contribution in [2.24, 2.45) is 0 Å². The van der Waals surface area contributed by atoms with E-state index in [1.807, 2.05) is 0 Å². The number of benzene rings is 1. The maximum absolute atomic E-state index is 11.2. The summed E-state index contributed by atoms with van der Waals surface area (Å²) < 4.78 is 0. The molecule has 0 spiro atoms. The molecule has 1 aliphatic rings. The van der Waals surface area contributed by atoms with Crippen molar-refractivity contribution in [3.05, 3.63) is 33.9 Å². The van der Waals surface area contributed by atoms with E-state index < -0.39 is 9.75 Å². The van der Waals surface area contributed by atoms with E-state index >= 15 is 0 Å². The van der Waals surface area contributed by atoms with E-state index in [4.69, 9.17) is 0 Å². The molecule has 72 valence electrons. The van der Waals surface area contributed by atoms with E-state index in [9.17, 15) is 14.9 Å². The number of non-ortho nitro benzene ring substituents is 1. The molecule has 1 aromatic rings. The van der Waals surface area contributed by atoms with Crippen LogP contribution in [0.4, 0.5) is 11.4 Å². The van der Waals surface area contributed by atoms with Crippen LogP contribution < -0.4 is 5.32 Å². The molecule has 1 unspecified atom stereocenters. The van der Waals surface area contributed by atoms with E-state index in [0.29, 0.717) is 11.3 Å². The van der Waals surface area contributed by atoms with Gasteiger partial charge in [0, 0.05) is 23.4 Å². The average Bonchev–Trinajstić information content (AvgIpc) is 2.43. The van der Waals surface area contributed by atoms with Gasteiger partial charge in [0.05, 0.1) is 4.92 Å². The Labute approximate surface area is 87.4 Å². The van der Waals surface area contributed by atoms with Crippen molar-refractivity contribution < 1.29 is 9.72 Å². The number of anilines is 1. The Morgan fingerprint density at radius 2 is 2.21 bits per heavy atom. The van der Waals surface area contributed by atoms with Crippen LogP contribution in [0.25, 0.3) is 0 Å². The fourth-order valence-electron chi connectivity index (χ4n) is 1.32. The summed E-state index contributed by atoms with van der Waals surface area (Å²) in [6.07, 6.45) is 0. The predicted octanol–water partition coefficient (Wildman–Crippen LogP) is 1.98. The number of hydrogen-bond acceptors (Lipinski definition) is 3. The molecule has 0 saturated carbocycles. The lowest BCUT2D eigenvalue weighted by atomic mass is 10.1. The number of nitro groups is 1. The summed E-state index contributed by atoms with van der Waals surface area (Å²) in [6.45, 7) is 0. The highest BCUT2D eigenvalue weighted by molar-refractivity contribution is 9.09. The summed E-state index contributed by atoms with van der Waals surface area (Å²) in [5, 5.41) is 13.1. The van der Waals surface area contributed by atoms with Crippen molar-refractivity contribution in [3.63, 3.8) is 0 Å². The van der Waals surface area contributed by atoms with Gasteiger partial charge in [-0.1, -0.05) is 15.9 Å². The molecule has 6 heteroatoms. The smallest absolute Gasteiger partial charge is 0.269 e. The van der Waals surface area contributed by atoms with Gasteiger partial charge in [-0.2, -0.15) is 0 Å². The monoisotopic (exact) mass is 256 g/mol. The highest BCUT2D eigenvalue weighted by Crippen LogP contribution is 2.38. The molecule has 1 amide bonds. The summed E-state index contributed by atoms with van der Waals surface area (Å²) in [6, 6.07) is 4.30. The number of fused-ring (bicyclic) bond motifs is 1. The summed E-state index contributed by atoms with van der Waals surface area (Å²) in [7, 11) is 0. The van der Waals surface area contributed by atoms with Gasteiger partial charge in [-0.3, -0.25) is 14.9 Å². The summed E-state index contributed by atoms with van der Waals surface area (Å²) in [4.78, 5) is 20.7. The van der Waals surface area contributed by atoms with Gasteiger partial charge < -0.3 is 5.32 Å². The first-order valence-corrected chi connectivity index (χ1v) is 4.74. The van der Waals surface area contributed by atoms with Gasteiger partial charge >= 0.3 is 0 Å². The molecule has 0 radical (unpaired) electrons. The average molecular weight is 257 g/mol. The van der Waals surface area contributed by atoms with Crippen molar-refractivity contribution in [2.45, 2.75) is 4.83 Å². The number of amides is 1. The van der Waals surface area contributed by atoms with E-state index in [1.165, 1.54) is 18.2 Å².